The Hall–Kier alpha value is -0.900. The van der Waals surface area contributed by atoms with Crippen molar-refractivity contribution in [3.05, 3.63) is 35.4 Å². The molecule has 1 aromatic rings. The second-order valence-corrected chi connectivity index (χ2v) is 6.50. The fourth-order valence-electron chi connectivity index (χ4n) is 3.86. The highest BCUT2D eigenvalue weighted by atomic mass is 15.3. The molecule has 1 saturated carbocycles. The van der Waals surface area contributed by atoms with Crippen molar-refractivity contribution in [2.75, 3.05) is 19.6 Å². The highest BCUT2D eigenvalue weighted by molar-refractivity contribution is 5.31. The second-order valence-electron chi connectivity index (χ2n) is 6.50. The van der Waals surface area contributed by atoms with Crippen LogP contribution >= 0.6 is 0 Å². The summed E-state index contributed by atoms with van der Waals surface area (Å²) in [6.07, 6.45) is 4.05. The Labute approximate surface area is 115 Å². The molecule has 0 spiro atoms. The Morgan fingerprint density at radius 2 is 1.84 bits per heavy atom. The fourth-order valence-corrected chi connectivity index (χ4v) is 3.86. The largest absolute Gasteiger partial charge is 0.329 e. The van der Waals surface area contributed by atoms with Crippen LogP contribution in [0.2, 0.25) is 0 Å². The molecule has 4 rings (SSSR count). The van der Waals surface area contributed by atoms with Crippen molar-refractivity contribution in [2.24, 2.45) is 5.73 Å². The van der Waals surface area contributed by atoms with Gasteiger partial charge in [-0.2, -0.15) is 0 Å². The van der Waals surface area contributed by atoms with E-state index in [1.807, 2.05) is 0 Å². The summed E-state index contributed by atoms with van der Waals surface area (Å²) in [5.41, 5.74) is 9.42. The molecule has 3 aliphatic rings. The average Bonchev–Trinajstić information content (AvgIpc) is 3.05. The van der Waals surface area contributed by atoms with E-state index in [1.165, 1.54) is 43.5 Å². The van der Waals surface area contributed by atoms with Crippen LogP contribution in [0.15, 0.2) is 24.3 Å². The van der Waals surface area contributed by atoms with Crippen molar-refractivity contribution in [2.45, 2.75) is 43.9 Å². The quantitative estimate of drug-likeness (QED) is 0.892. The molecule has 2 aliphatic heterocycles. The minimum absolute atomic E-state index is 0.224. The maximum atomic E-state index is 6.20. The van der Waals surface area contributed by atoms with Crippen molar-refractivity contribution in [3.63, 3.8) is 0 Å². The first kappa shape index (κ1) is 11.9. The monoisotopic (exact) mass is 257 g/mol. The minimum atomic E-state index is 0.224. The van der Waals surface area contributed by atoms with Crippen LogP contribution in [-0.4, -0.2) is 41.0 Å². The first-order chi connectivity index (χ1) is 9.31. The number of likely N-dealkylation sites (tertiary alicyclic amines) is 1. The molecule has 1 aromatic carbocycles. The summed E-state index contributed by atoms with van der Waals surface area (Å²) >= 11 is 0. The van der Waals surface area contributed by atoms with Crippen LogP contribution in [0.4, 0.5) is 0 Å². The Morgan fingerprint density at radius 1 is 1.16 bits per heavy atom. The van der Waals surface area contributed by atoms with Gasteiger partial charge >= 0.3 is 0 Å². The summed E-state index contributed by atoms with van der Waals surface area (Å²) in [5, 5.41) is 0. The second kappa shape index (κ2) is 4.30. The van der Waals surface area contributed by atoms with E-state index in [0.29, 0.717) is 0 Å². The third-order valence-electron chi connectivity index (χ3n) is 5.32. The molecule has 1 saturated heterocycles. The third-order valence-corrected chi connectivity index (χ3v) is 5.32. The summed E-state index contributed by atoms with van der Waals surface area (Å²) in [6.45, 7) is 5.40. The topological polar surface area (TPSA) is 32.5 Å². The summed E-state index contributed by atoms with van der Waals surface area (Å²) in [4.78, 5) is 5.32. The van der Waals surface area contributed by atoms with Crippen LogP contribution in [0.5, 0.6) is 0 Å². The van der Waals surface area contributed by atoms with Crippen LogP contribution in [-0.2, 0) is 13.1 Å². The molecule has 3 heteroatoms. The Morgan fingerprint density at radius 3 is 2.42 bits per heavy atom. The number of hydrogen-bond acceptors (Lipinski definition) is 3. The molecule has 0 radical (unpaired) electrons. The maximum absolute atomic E-state index is 6.20. The predicted molar refractivity (Wildman–Crippen MR) is 76.7 cm³/mol. The van der Waals surface area contributed by atoms with Gasteiger partial charge in [-0.1, -0.05) is 24.3 Å². The van der Waals surface area contributed by atoms with Crippen LogP contribution in [0.25, 0.3) is 0 Å². The summed E-state index contributed by atoms with van der Waals surface area (Å²) in [7, 11) is 0. The van der Waals surface area contributed by atoms with Crippen molar-refractivity contribution < 1.29 is 0 Å². The molecule has 2 heterocycles. The van der Waals surface area contributed by atoms with Gasteiger partial charge in [0.2, 0.25) is 0 Å². The first-order valence-electron chi connectivity index (χ1n) is 7.57. The number of fused-ring (bicyclic) bond motifs is 1. The van der Waals surface area contributed by atoms with Gasteiger partial charge in [0.25, 0.3) is 0 Å². The van der Waals surface area contributed by atoms with Crippen LogP contribution in [0, 0.1) is 0 Å². The smallest absolute Gasteiger partial charge is 0.0477 e. The zero-order valence-corrected chi connectivity index (χ0v) is 11.5. The van der Waals surface area contributed by atoms with Crippen molar-refractivity contribution in [1.29, 1.82) is 0 Å². The van der Waals surface area contributed by atoms with E-state index >= 15 is 0 Å². The van der Waals surface area contributed by atoms with Gasteiger partial charge in [-0.05, 0) is 30.4 Å². The molecule has 1 unspecified atom stereocenters. The van der Waals surface area contributed by atoms with Gasteiger partial charge in [-0.15, -0.1) is 0 Å². The molecular formula is C16H23N3. The molecule has 0 aromatic heterocycles. The van der Waals surface area contributed by atoms with Gasteiger partial charge in [0.05, 0.1) is 0 Å². The number of rotatable bonds is 3. The maximum Gasteiger partial charge on any atom is 0.0477 e. The zero-order valence-electron chi connectivity index (χ0n) is 11.5. The zero-order chi connectivity index (χ0) is 12.9. The summed E-state index contributed by atoms with van der Waals surface area (Å²) in [5.74, 6) is 0. The van der Waals surface area contributed by atoms with Gasteiger partial charge in [-0.3, -0.25) is 9.80 Å². The first-order valence-corrected chi connectivity index (χ1v) is 7.57. The number of benzene rings is 1. The average molecular weight is 257 g/mol. The van der Waals surface area contributed by atoms with E-state index in [2.05, 4.69) is 34.1 Å². The SMILES string of the molecule is NCC1(N2Cc3ccccc3C2)CCN(C2CC2)C1. The Bertz CT molecular complexity index is 458. The van der Waals surface area contributed by atoms with Gasteiger partial charge in [0.15, 0.2) is 0 Å². The van der Waals surface area contributed by atoms with E-state index < -0.39 is 0 Å². The lowest BCUT2D eigenvalue weighted by Gasteiger charge is -2.38. The van der Waals surface area contributed by atoms with E-state index in [-0.39, 0.29) is 5.54 Å². The van der Waals surface area contributed by atoms with Crippen LogP contribution < -0.4 is 5.73 Å². The lowest BCUT2D eigenvalue weighted by Crippen LogP contribution is -2.53. The number of hydrogen-bond donors (Lipinski definition) is 1. The van der Waals surface area contributed by atoms with Crippen molar-refractivity contribution in [1.82, 2.24) is 9.80 Å². The molecule has 3 nitrogen and oxygen atoms in total. The highest BCUT2D eigenvalue weighted by Crippen LogP contribution is 2.39. The van der Waals surface area contributed by atoms with E-state index in [9.17, 15) is 0 Å². The number of nitrogens with two attached hydrogens (primary N) is 1. The van der Waals surface area contributed by atoms with Gasteiger partial charge < -0.3 is 5.73 Å². The standard InChI is InChI=1S/C16H23N3/c17-11-16(7-8-18(12-16)15-5-6-15)19-9-13-3-1-2-4-14(13)10-19/h1-4,15H,5-12,17H2. The Kier molecular flexibility index (Phi) is 2.69. The summed E-state index contributed by atoms with van der Waals surface area (Å²) in [6, 6.07) is 9.73. The van der Waals surface area contributed by atoms with Gasteiger partial charge in [-0.25, -0.2) is 0 Å². The molecule has 1 aliphatic carbocycles. The molecule has 0 bridgehead atoms. The van der Waals surface area contributed by atoms with Crippen LogP contribution in [0.3, 0.4) is 0 Å². The van der Waals surface area contributed by atoms with E-state index in [1.54, 1.807) is 0 Å². The molecule has 1 atom stereocenters. The molecule has 0 amide bonds. The molecule has 19 heavy (non-hydrogen) atoms. The fraction of sp³-hybridized carbons (Fsp3) is 0.625. The number of nitrogens with zero attached hydrogens (tertiary/aromatic N) is 2. The van der Waals surface area contributed by atoms with E-state index in [4.69, 9.17) is 5.73 Å². The summed E-state index contributed by atoms with van der Waals surface area (Å²) < 4.78 is 0. The van der Waals surface area contributed by atoms with E-state index in [0.717, 1.165) is 25.7 Å². The lowest BCUT2D eigenvalue weighted by molar-refractivity contribution is 0.0951. The molecule has 2 fully saturated rings. The van der Waals surface area contributed by atoms with Crippen molar-refractivity contribution >= 4 is 0 Å². The van der Waals surface area contributed by atoms with Crippen molar-refractivity contribution in [3.8, 4) is 0 Å². The lowest BCUT2D eigenvalue weighted by atomic mass is 9.96. The van der Waals surface area contributed by atoms with Crippen LogP contribution in [0.1, 0.15) is 30.4 Å². The predicted octanol–water partition coefficient (Wildman–Crippen LogP) is 1.57. The highest BCUT2D eigenvalue weighted by Gasteiger charge is 2.46. The molecule has 102 valence electrons. The molecule has 2 N–H and O–H groups in total. The third kappa shape index (κ3) is 1.92. The van der Waals surface area contributed by atoms with Gasteiger partial charge in [0, 0.05) is 44.3 Å². The minimum Gasteiger partial charge on any atom is -0.329 e. The molecular weight excluding hydrogens is 234 g/mol. The Balaban J connectivity index is 1.55. The van der Waals surface area contributed by atoms with Gasteiger partial charge in [0.1, 0.15) is 0 Å². The normalized spacial score (nSPS) is 31.8.